The minimum absolute atomic E-state index is 1.23. The van der Waals surface area contributed by atoms with Crippen molar-refractivity contribution in [3.8, 4) is 0 Å². The summed E-state index contributed by atoms with van der Waals surface area (Å²) in [5.41, 5.74) is 0. The van der Waals surface area contributed by atoms with E-state index in [2.05, 4.69) is 42.3 Å². The largest absolute Gasteiger partial charge is 0.256 e. The van der Waals surface area contributed by atoms with E-state index in [1.807, 2.05) is 0 Å². The van der Waals surface area contributed by atoms with E-state index in [0.29, 0.717) is 0 Å². The van der Waals surface area contributed by atoms with Crippen molar-refractivity contribution in [2.45, 2.75) is 220 Å². The Morgan fingerprint density at radius 1 is 0.436 bits per heavy atom. The Labute approximate surface area is 247 Å². The molecule has 0 spiro atoms. The molecule has 39 heavy (non-hydrogen) atoms. The van der Waals surface area contributed by atoms with Crippen LogP contribution in [0.5, 0.6) is 0 Å². The lowest BCUT2D eigenvalue weighted by Gasteiger charge is -2.07. The summed E-state index contributed by atoms with van der Waals surface area (Å²) in [5, 5.41) is 0. The molecule has 1 heterocycles. The number of imidazole rings is 1. The van der Waals surface area contributed by atoms with Crippen LogP contribution in [0.15, 0.2) is 12.4 Å². The summed E-state index contributed by atoms with van der Waals surface area (Å²) in [6, 6.07) is 0. The summed E-state index contributed by atoms with van der Waals surface area (Å²) in [6.45, 7) is 9.39. The van der Waals surface area contributed by atoms with Gasteiger partial charge in [-0.05, 0) is 32.1 Å². The third-order valence-electron chi connectivity index (χ3n) is 8.85. The lowest BCUT2D eigenvalue weighted by Crippen LogP contribution is -2.37. The van der Waals surface area contributed by atoms with Crippen LogP contribution in [0.25, 0.3) is 0 Å². The SMILES string of the molecule is CCCCCCCCCCCCCCCCCCC[n+]1ccn(CCCCCCCCC)c1CCCCCC. The van der Waals surface area contributed by atoms with Crippen LogP contribution in [-0.2, 0) is 19.5 Å². The van der Waals surface area contributed by atoms with Gasteiger partial charge >= 0.3 is 0 Å². The molecule has 0 saturated heterocycles. The third kappa shape index (κ3) is 21.6. The molecule has 0 aromatic carbocycles. The normalized spacial score (nSPS) is 11.6. The highest BCUT2D eigenvalue weighted by molar-refractivity contribution is 4.84. The first kappa shape index (κ1) is 36.2. The standard InChI is InChI=1S/C37H73N2/c1-4-7-10-13-15-16-17-18-19-20-21-22-23-24-26-28-31-34-39-36-35-38(37(39)32-29-12-9-6-3)33-30-27-25-14-11-8-5-2/h35-36H,4-34H2,1-3H3/q+1. The van der Waals surface area contributed by atoms with Crippen LogP contribution in [0.1, 0.15) is 206 Å². The van der Waals surface area contributed by atoms with Crippen molar-refractivity contribution in [3.05, 3.63) is 18.2 Å². The molecule has 0 aliphatic carbocycles. The number of rotatable bonds is 31. The number of aromatic nitrogens is 2. The van der Waals surface area contributed by atoms with Crippen LogP contribution in [0.2, 0.25) is 0 Å². The number of hydrogen-bond acceptors (Lipinski definition) is 0. The van der Waals surface area contributed by atoms with Gasteiger partial charge in [0, 0.05) is 6.42 Å². The topological polar surface area (TPSA) is 8.81 Å². The van der Waals surface area contributed by atoms with Crippen LogP contribution in [-0.4, -0.2) is 4.57 Å². The molecule has 2 heteroatoms. The molecule has 0 unspecified atom stereocenters. The van der Waals surface area contributed by atoms with Crippen molar-refractivity contribution in [1.82, 2.24) is 4.57 Å². The summed E-state index contributed by atoms with van der Waals surface area (Å²) >= 11 is 0. The number of aryl methyl sites for hydroxylation is 2. The van der Waals surface area contributed by atoms with Gasteiger partial charge in [0.05, 0.1) is 13.1 Å². The molecule has 0 N–H and O–H groups in total. The average Bonchev–Trinajstić information content (AvgIpc) is 3.33. The lowest BCUT2D eigenvalue weighted by atomic mass is 10.0. The monoisotopic (exact) mass is 546 g/mol. The number of nitrogens with zero attached hydrogens (tertiary/aromatic N) is 2. The molecule has 2 nitrogen and oxygen atoms in total. The molecule has 1 aromatic heterocycles. The van der Waals surface area contributed by atoms with Crippen molar-refractivity contribution in [2.24, 2.45) is 0 Å². The van der Waals surface area contributed by atoms with Crippen molar-refractivity contribution in [2.75, 3.05) is 0 Å². The van der Waals surface area contributed by atoms with Crippen molar-refractivity contribution < 1.29 is 4.57 Å². The molecular weight excluding hydrogens is 472 g/mol. The van der Waals surface area contributed by atoms with E-state index < -0.39 is 0 Å². The Bertz CT molecular complexity index is 605. The zero-order chi connectivity index (χ0) is 28.1. The highest BCUT2D eigenvalue weighted by Gasteiger charge is 2.16. The van der Waals surface area contributed by atoms with E-state index >= 15 is 0 Å². The van der Waals surface area contributed by atoms with Gasteiger partial charge in [-0.2, -0.15) is 0 Å². The summed E-state index contributed by atoms with van der Waals surface area (Å²) in [6.07, 6.45) is 46.0. The minimum Gasteiger partial charge on any atom is -0.234 e. The van der Waals surface area contributed by atoms with E-state index in [1.165, 1.54) is 199 Å². The molecule has 0 aliphatic heterocycles. The fourth-order valence-corrected chi connectivity index (χ4v) is 6.15. The van der Waals surface area contributed by atoms with E-state index in [4.69, 9.17) is 0 Å². The van der Waals surface area contributed by atoms with Gasteiger partial charge in [0.2, 0.25) is 0 Å². The molecule has 0 bridgehead atoms. The molecule has 230 valence electrons. The summed E-state index contributed by atoms with van der Waals surface area (Å²) in [4.78, 5) is 0. The van der Waals surface area contributed by atoms with E-state index in [1.54, 1.807) is 5.82 Å². The van der Waals surface area contributed by atoms with Gasteiger partial charge in [-0.25, -0.2) is 9.13 Å². The van der Waals surface area contributed by atoms with Crippen molar-refractivity contribution >= 4 is 0 Å². The van der Waals surface area contributed by atoms with Crippen molar-refractivity contribution in [1.29, 1.82) is 0 Å². The molecule has 0 saturated carbocycles. The Morgan fingerprint density at radius 3 is 1.23 bits per heavy atom. The third-order valence-corrected chi connectivity index (χ3v) is 8.85. The van der Waals surface area contributed by atoms with Gasteiger partial charge in [-0.3, -0.25) is 0 Å². The number of hydrogen-bond donors (Lipinski definition) is 0. The zero-order valence-corrected chi connectivity index (χ0v) is 27.5. The van der Waals surface area contributed by atoms with Gasteiger partial charge < -0.3 is 0 Å². The molecule has 0 radical (unpaired) electrons. The first-order chi connectivity index (χ1) is 19.3. The predicted molar refractivity (Wildman–Crippen MR) is 175 cm³/mol. The number of unbranched alkanes of at least 4 members (excludes halogenated alkanes) is 25. The smallest absolute Gasteiger partial charge is 0.234 e. The summed E-state index contributed by atoms with van der Waals surface area (Å²) in [7, 11) is 0. The van der Waals surface area contributed by atoms with Crippen LogP contribution in [0.3, 0.4) is 0 Å². The van der Waals surface area contributed by atoms with Crippen LogP contribution < -0.4 is 4.57 Å². The van der Waals surface area contributed by atoms with Gasteiger partial charge in [-0.1, -0.05) is 168 Å². The Morgan fingerprint density at radius 2 is 0.795 bits per heavy atom. The zero-order valence-electron chi connectivity index (χ0n) is 27.5. The van der Waals surface area contributed by atoms with E-state index in [-0.39, 0.29) is 0 Å². The quantitative estimate of drug-likeness (QED) is 0.0648. The Hall–Kier alpha value is -0.790. The average molecular weight is 546 g/mol. The lowest BCUT2D eigenvalue weighted by molar-refractivity contribution is -0.704. The van der Waals surface area contributed by atoms with Gasteiger partial charge in [-0.15, -0.1) is 0 Å². The Kier molecular flexibility index (Phi) is 26.7. The van der Waals surface area contributed by atoms with Gasteiger partial charge in [0.15, 0.2) is 0 Å². The van der Waals surface area contributed by atoms with Crippen LogP contribution >= 0.6 is 0 Å². The maximum Gasteiger partial charge on any atom is 0.256 e. The molecule has 0 aliphatic rings. The van der Waals surface area contributed by atoms with E-state index in [9.17, 15) is 0 Å². The van der Waals surface area contributed by atoms with Crippen LogP contribution in [0.4, 0.5) is 0 Å². The second-order valence-electron chi connectivity index (χ2n) is 12.7. The molecule has 0 atom stereocenters. The van der Waals surface area contributed by atoms with Crippen LogP contribution in [0, 0.1) is 0 Å². The molecule has 1 rings (SSSR count). The van der Waals surface area contributed by atoms with Gasteiger partial charge in [0.1, 0.15) is 12.4 Å². The second kappa shape index (κ2) is 28.7. The first-order valence-electron chi connectivity index (χ1n) is 18.4. The summed E-state index contributed by atoms with van der Waals surface area (Å²) < 4.78 is 5.21. The highest BCUT2D eigenvalue weighted by Crippen LogP contribution is 2.15. The summed E-state index contributed by atoms with van der Waals surface area (Å²) in [5.74, 6) is 1.61. The fourth-order valence-electron chi connectivity index (χ4n) is 6.15. The molecule has 0 fully saturated rings. The predicted octanol–water partition coefficient (Wildman–Crippen LogP) is 12.3. The maximum atomic E-state index is 2.61. The first-order valence-corrected chi connectivity index (χ1v) is 18.4. The molecule has 0 amide bonds. The fraction of sp³-hybridized carbons (Fsp3) is 0.919. The highest BCUT2D eigenvalue weighted by atomic mass is 15.1. The maximum absolute atomic E-state index is 2.61. The van der Waals surface area contributed by atoms with Crippen molar-refractivity contribution in [3.63, 3.8) is 0 Å². The molecular formula is C37H73N2+. The Balaban J connectivity index is 2.11. The van der Waals surface area contributed by atoms with E-state index in [0.717, 1.165) is 0 Å². The molecule has 1 aromatic rings. The van der Waals surface area contributed by atoms with Gasteiger partial charge in [0.25, 0.3) is 5.82 Å². The second-order valence-corrected chi connectivity index (χ2v) is 12.7. The minimum atomic E-state index is 1.23.